The summed E-state index contributed by atoms with van der Waals surface area (Å²) in [4.78, 5) is 24.6. The van der Waals surface area contributed by atoms with E-state index in [1.807, 2.05) is 39.9 Å². The van der Waals surface area contributed by atoms with Crippen molar-refractivity contribution in [2.75, 3.05) is 31.1 Å². The van der Waals surface area contributed by atoms with E-state index in [2.05, 4.69) is 51.3 Å². The van der Waals surface area contributed by atoms with Crippen molar-refractivity contribution in [2.45, 2.75) is 6.92 Å². The Kier molecular flexibility index (Phi) is 5.17. The number of benzene rings is 2. The zero-order valence-electron chi connectivity index (χ0n) is 19.4. The maximum atomic E-state index is 13.9. The highest BCUT2D eigenvalue weighted by Gasteiger charge is 2.19. The molecule has 1 fully saturated rings. The molecule has 0 saturated carbocycles. The summed E-state index contributed by atoms with van der Waals surface area (Å²) in [5, 5.41) is 0.762. The molecule has 1 saturated heterocycles. The number of aromatic nitrogens is 3. The van der Waals surface area contributed by atoms with Crippen LogP contribution in [0.1, 0.15) is 6.92 Å². The van der Waals surface area contributed by atoms with Crippen LogP contribution in [0.25, 0.3) is 38.9 Å². The molecule has 35 heavy (non-hydrogen) atoms. The lowest BCUT2D eigenvalue weighted by Crippen LogP contribution is -2.48. The molecule has 1 amide bonds. The van der Waals surface area contributed by atoms with Gasteiger partial charge in [-0.2, -0.15) is 0 Å². The second-order valence-electron chi connectivity index (χ2n) is 8.85. The minimum atomic E-state index is -0.356. The number of hydrogen-bond acceptors (Lipinski definition) is 4. The van der Waals surface area contributed by atoms with E-state index >= 15 is 0 Å². The van der Waals surface area contributed by atoms with E-state index in [0.717, 1.165) is 70.8 Å². The average molecular weight is 466 g/mol. The van der Waals surface area contributed by atoms with E-state index in [0.29, 0.717) is 0 Å². The summed E-state index contributed by atoms with van der Waals surface area (Å²) < 4.78 is 15.9. The van der Waals surface area contributed by atoms with Crippen LogP contribution in [-0.4, -0.2) is 51.4 Å². The van der Waals surface area contributed by atoms with Gasteiger partial charge in [-0.05, 0) is 47.5 Å². The van der Waals surface area contributed by atoms with Gasteiger partial charge in [-0.3, -0.25) is 14.2 Å². The fourth-order valence-electron chi connectivity index (χ4n) is 4.85. The van der Waals surface area contributed by atoms with Gasteiger partial charge in [0.2, 0.25) is 5.91 Å². The SMILES string of the molecule is CC(=O)N1CCN(c2ccc(-c3ccn4c(-c5cccc6ncc(F)cc56)cnc4c3)cc2)CC1. The van der Waals surface area contributed by atoms with Crippen molar-refractivity contribution in [3.8, 4) is 22.4 Å². The van der Waals surface area contributed by atoms with Crippen LogP contribution in [0.2, 0.25) is 0 Å². The van der Waals surface area contributed by atoms with E-state index in [1.165, 1.54) is 12.3 Å². The summed E-state index contributed by atoms with van der Waals surface area (Å²) in [6, 6.07) is 20.0. The Hall–Kier alpha value is -4.26. The van der Waals surface area contributed by atoms with Crippen molar-refractivity contribution in [3.63, 3.8) is 0 Å². The van der Waals surface area contributed by atoms with Gasteiger partial charge in [-0.25, -0.2) is 9.37 Å². The van der Waals surface area contributed by atoms with Crippen molar-refractivity contribution in [2.24, 2.45) is 0 Å². The normalized spacial score (nSPS) is 14.1. The molecule has 0 spiro atoms. The molecule has 7 heteroatoms. The molecule has 174 valence electrons. The monoisotopic (exact) mass is 465 g/mol. The smallest absolute Gasteiger partial charge is 0.219 e. The van der Waals surface area contributed by atoms with E-state index in [4.69, 9.17) is 0 Å². The minimum absolute atomic E-state index is 0.141. The van der Waals surface area contributed by atoms with Gasteiger partial charge in [0, 0.05) is 55.9 Å². The maximum absolute atomic E-state index is 13.9. The van der Waals surface area contributed by atoms with E-state index in [1.54, 1.807) is 6.92 Å². The molecule has 0 atom stereocenters. The number of carbonyl (C=O) groups is 1. The molecule has 0 bridgehead atoms. The molecule has 1 aliphatic heterocycles. The first-order valence-electron chi connectivity index (χ1n) is 11.7. The Morgan fingerprint density at radius 2 is 1.69 bits per heavy atom. The lowest BCUT2D eigenvalue weighted by molar-refractivity contribution is -0.129. The molecule has 0 aliphatic carbocycles. The van der Waals surface area contributed by atoms with Crippen LogP contribution in [0.4, 0.5) is 10.1 Å². The quantitative estimate of drug-likeness (QED) is 0.375. The standard InChI is InChI=1S/C28H24FN5O/c1-19(35)32-11-13-33(14-12-32)23-7-5-20(6-8-23)21-9-10-34-27(18-31-28(34)15-21)24-3-2-4-26-25(24)16-22(29)17-30-26/h2-10,15-18H,11-14H2,1H3. The predicted molar refractivity (Wildman–Crippen MR) is 136 cm³/mol. The molecule has 5 aromatic rings. The summed E-state index contributed by atoms with van der Waals surface area (Å²) >= 11 is 0. The highest BCUT2D eigenvalue weighted by atomic mass is 19.1. The fraction of sp³-hybridized carbons (Fsp3) is 0.179. The number of amides is 1. The molecule has 0 radical (unpaired) electrons. The van der Waals surface area contributed by atoms with Crippen LogP contribution in [0.15, 0.2) is 79.3 Å². The molecule has 1 aliphatic rings. The summed E-state index contributed by atoms with van der Waals surface area (Å²) in [5.74, 6) is -0.216. The molecular formula is C28H24FN5O. The van der Waals surface area contributed by atoms with Crippen LogP contribution < -0.4 is 4.90 Å². The fourth-order valence-corrected chi connectivity index (χ4v) is 4.85. The number of anilines is 1. The van der Waals surface area contributed by atoms with Crippen molar-refractivity contribution < 1.29 is 9.18 Å². The highest BCUT2D eigenvalue weighted by molar-refractivity contribution is 5.94. The number of fused-ring (bicyclic) bond motifs is 2. The largest absolute Gasteiger partial charge is 0.368 e. The number of imidazole rings is 1. The Morgan fingerprint density at radius 3 is 2.46 bits per heavy atom. The van der Waals surface area contributed by atoms with E-state index < -0.39 is 0 Å². The minimum Gasteiger partial charge on any atom is -0.368 e. The topological polar surface area (TPSA) is 53.7 Å². The molecule has 0 N–H and O–H groups in total. The van der Waals surface area contributed by atoms with Gasteiger partial charge in [0.1, 0.15) is 11.5 Å². The summed E-state index contributed by atoms with van der Waals surface area (Å²) in [6.45, 7) is 4.83. The van der Waals surface area contributed by atoms with Crippen molar-refractivity contribution >= 4 is 28.1 Å². The molecule has 6 nitrogen and oxygen atoms in total. The third kappa shape index (κ3) is 3.89. The lowest BCUT2D eigenvalue weighted by Gasteiger charge is -2.35. The second kappa shape index (κ2) is 8.51. The van der Waals surface area contributed by atoms with Gasteiger partial charge < -0.3 is 9.80 Å². The molecular weight excluding hydrogens is 441 g/mol. The molecule has 3 aromatic heterocycles. The highest BCUT2D eigenvalue weighted by Crippen LogP contribution is 2.31. The van der Waals surface area contributed by atoms with Crippen LogP contribution >= 0.6 is 0 Å². The zero-order chi connectivity index (χ0) is 23.9. The number of hydrogen-bond donors (Lipinski definition) is 0. The zero-order valence-corrected chi connectivity index (χ0v) is 19.4. The van der Waals surface area contributed by atoms with Gasteiger partial charge in [0.25, 0.3) is 0 Å². The molecule has 6 rings (SSSR count). The number of pyridine rings is 2. The van der Waals surface area contributed by atoms with Crippen LogP contribution in [-0.2, 0) is 4.79 Å². The van der Waals surface area contributed by atoms with Crippen LogP contribution in [0, 0.1) is 5.82 Å². The van der Waals surface area contributed by atoms with Crippen LogP contribution in [0.3, 0.4) is 0 Å². The van der Waals surface area contributed by atoms with Crippen molar-refractivity contribution in [3.05, 3.63) is 85.1 Å². The number of carbonyl (C=O) groups excluding carboxylic acids is 1. The third-order valence-electron chi connectivity index (χ3n) is 6.77. The Morgan fingerprint density at radius 1 is 0.886 bits per heavy atom. The second-order valence-corrected chi connectivity index (χ2v) is 8.85. The molecule has 2 aromatic carbocycles. The molecule has 4 heterocycles. The number of piperazine rings is 1. The average Bonchev–Trinajstić information content (AvgIpc) is 3.31. The van der Waals surface area contributed by atoms with E-state index in [9.17, 15) is 9.18 Å². The Bertz CT molecular complexity index is 1550. The van der Waals surface area contributed by atoms with Gasteiger partial charge in [0.05, 0.1) is 23.6 Å². The third-order valence-corrected chi connectivity index (χ3v) is 6.77. The van der Waals surface area contributed by atoms with Crippen molar-refractivity contribution in [1.82, 2.24) is 19.3 Å². The summed E-state index contributed by atoms with van der Waals surface area (Å²) in [6.07, 6.45) is 5.07. The number of halogens is 1. The van der Waals surface area contributed by atoms with Crippen LogP contribution in [0.5, 0.6) is 0 Å². The summed E-state index contributed by atoms with van der Waals surface area (Å²) in [7, 11) is 0. The van der Waals surface area contributed by atoms with Gasteiger partial charge in [0.15, 0.2) is 0 Å². The van der Waals surface area contributed by atoms with Crippen molar-refractivity contribution in [1.29, 1.82) is 0 Å². The van der Waals surface area contributed by atoms with E-state index in [-0.39, 0.29) is 11.7 Å². The first-order chi connectivity index (χ1) is 17.1. The Balaban J connectivity index is 1.28. The first kappa shape index (κ1) is 21.3. The number of nitrogens with zero attached hydrogens (tertiary/aromatic N) is 5. The maximum Gasteiger partial charge on any atom is 0.219 e. The Labute approximate surface area is 202 Å². The lowest BCUT2D eigenvalue weighted by atomic mass is 10.0. The first-order valence-corrected chi connectivity index (χ1v) is 11.7. The molecule has 0 unspecified atom stereocenters. The summed E-state index contributed by atoms with van der Waals surface area (Å²) in [5.41, 5.74) is 6.71. The number of rotatable bonds is 3. The van der Waals surface area contributed by atoms with Gasteiger partial charge >= 0.3 is 0 Å². The predicted octanol–water partition coefficient (Wildman–Crippen LogP) is 5.02. The van der Waals surface area contributed by atoms with Gasteiger partial charge in [-0.15, -0.1) is 0 Å². The van der Waals surface area contributed by atoms with Gasteiger partial charge in [-0.1, -0.05) is 24.3 Å².